The van der Waals surface area contributed by atoms with Crippen molar-refractivity contribution in [3.05, 3.63) is 113 Å². The van der Waals surface area contributed by atoms with Gasteiger partial charge in [-0.15, -0.1) is 5.10 Å². The first-order valence-electron chi connectivity index (χ1n) is 15.0. The summed E-state index contributed by atoms with van der Waals surface area (Å²) in [5, 5.41) is 18.9. The smallest absolute Gasteiger partial charge is 0.250 e. The molecule has 0 bridgehead atoms. The van der Waals surface area contributed by atoms with Crippen molar-refractivity contribution in [2.24, 2.45) is 5.41 Å². The first-order valence-corrected chi connectivity index (χ1v) is 15.0. The molecule has 3 aromatic rings. The standard InChI is InChI=1S/C36H42N4O4/c1-26-7-6-8-28(3)40(35(43)18-20-36(4,5)19-17-26)25-30-24-39(38-37-30)21-22-44-31-14-15-32(34(42)23-31)33(41)16-13-29-11-9-27(2)10-12-29/h8-18,20,23-24,42H,6-7,19,21-22,25H2,1-5H3/b16-13+,20-18+,26-17+,28-8+. The van der Waals surface area contributed by atoms with E-state index in [1.807, 2.05) is 44.2 Å². The second-order valence-corrected chi connectivity index (χ2v) is 12.0. The predicted molar refractivity (Wildman–Crippen MR) is 173 cm³/mol. The van der Waals surface area contributed by atoms with Crippen LogP contribution in [0.1, 0.15) is 74.1 Å². The molecule has 0 atom stereocenters. The zero-order valence-corrected chi connectivity index (χ0v) is 26.3. The Hall–Kier alpha value is -4.72. The molecule has 1 aromatic heterocycles. The molecule has 1 aliphatic heterocycles. The maximum Gasteiger partial charge on any atom is 0.250 e. The molecular weight excluding hydrogens is 552 g/mol. The lowest BCUT2D eigenvalue weighted by atomic mass is 9.87. The maximum absolute atomic E-state index is 13.2. The molecule has 0 unspecified atom stereocenters. The SMILES string of the molecule is C/C1=C\CC(C)(C)/C=C/C(=O)N(Cc2cn(CCOc3ccc(C(=O)/C=C/c4ccc(C)cc4)c(O)c3)nn2)/C(C)=C/CC1. The van der Waals surface area contributed by atoms with E-state index in [9.17, 15) is 14.7 Å². The van der Waals surface area contributed by atoms with E-state index >= 15 is 0 Å². The third-order valence-electron chi connectivity index (χ3n) is 7.56. The van der Waals surface area contributed by atoms with Crippen LogP contribution in [0.25, 0.3) is 6.08 Å². The number of allylic oxidation sites excluding steroid dienone is 6. The van der Waals surface area contributed by atoms with E-state index in [0.717, 1.165) is 36.1 Å². The van der Waals surface area contributed by atoms with Crippen LogP contribution in [0.2, 0.25) is 0 Å². The van der Waals surface area contributed by atoms with Crippen molar-refractivity contribution < 1.29 is 19.4 Å². The summed E-state index contributed by atoms with van der Waals surface area (Å²) >= 11 is 0. The average molecular weight is 595 g/mol. The second kappa shape index (κ2) is 14.6. The normalized spacial score (nSPS) is 18.9. The molecule has 0 saturated carbocycles. The van der Waals surface area contributed by atoms with Crippen LogP contribution >= 0.6 is 0 Å². The van der Waals surface area contributed by atoms with Crippen LogP contribution in [-0.2, 0) is 17.9 Å². The Labute approximate surface area is 260 Å². The van der Waals surface area contributed by atoms with Gasteiger partial charge in [-0.3, -0.25) is 9.59 Å². The summed E-state index contributed by atoms with van der Waals surface area (Å²) in [6, 6.07) is 12.5. The number of nitrogens with zero attached hydrogens (tertiary/aromatic N) is 4. The number of hydrogen-bond donors (Lipinski definition) is 1. The van der Waals surface area contributed by atoms with Gasteiger partial charge in [0.25, 0.3) is 5.91 Å². The molecule has 1 amide bonds. The van der Waals surface area contributed by atoms with Crippen molar-refractivity contribution in [2.75, 3.05) is 6.61 Å². The first kappa shape index (κ1) is 32.2. The van der Waals surface area contributed by atoms with Gasteiger partial charge in [0.05, 0.1) is 24.8 Å². The highest BCUT2D eigenvalue weighted by Gasteiger charge is 2.19. The minimum Gasteiger partial charge on any atom is -0.507 e. The molecular formula is C36H42N4O4. The highest BCUT2D eigenvalue weighted by Crippen LogP contribution is 2.26. The number of aromatic hydroxyl groups is 1. The van der Waals surface area contributed by atoms with Crippen molar-refractivity contribution in [1.82, 2.24) is 19.9 Å². The van der Waals surface area contributed by atoms with Gasteiger partial charge in [0.1, 0.15) is 23.8 Å². The number of carbonyl (C=O) groups excluding carboxylic acids is 2. The Kier molecular flexibility index (Phi) is 10.7. The first-order chi connectivity index (χ1) is 21.0. The number of hydrogen-bond acceptors (Lipinski definition) is 6. The quantitative estimate of drug-likeness (QED) is 0.160. The van der Waals surface area contributed by atoms with Crippen molar-refractivity contribution in [3.63, 3.8) is 0 Å². The van der Waals surface area contributed by atoms with Crippen molar-refractivity contribution in [3.8, 4) is 11.5 Å². The summed E-state index contributed by atoms with van der Waals surface area (Å²) < 4.78 is 7.46. The fourth-order valence-corrected chi connectivity index (χ4v) is 4.68. The van der Waals surface area contributed by atoms with Gasteiger partial charge in [-0.25, -0.2) is 4.68 Å². The zero-order valence-electron chi connectivity index (χ0n) is 26.3. The summed E-state index contributed by atoms with van der Waals surface area (Å²) in [4.78, 5) is 27.5. The highest BCUT2D eigenvalue weighted by molar-refractivity contribution is 6.08. The van der Waals surface area contributed by atoms with Crippen LogP contribution < -0.4 is 4.74 Å². The second-order valence-electron chi connectivity index (χ2n) is 12.0. The number of amides is 1. The number of carbonyl (C=O) groups is 2. The number of aromatic nitrogens is 3. The monoisotopic (exact) mass is 594 g/mol. The Morgan fingerprint density at radius 3 is 2.61 bits per heavy atom. The van der Waals surface area contributed by atoms with Gasteiger partial charge in [0, 0.05) is 17.8 Å². The maximum atomic E-state index is 13.2. The molecule has 2 aromatic carbocycles. The van der Waals surface area contributed by atoms with Gasteiger partial charge in [-0.2, -0.15) is 0 Å². The van der Waals surface area contributed by atoms with Gasteiger partial charge in [-0.1, -0.05) is 78.8 Å². The lowest BCUT2D eigenvalue weighted by Gasteiger charge is -2.23. The molecule has 0 fully saturated rings. The largest absolute Gasteiger partial charge is 0.507 e. The van der Waals surface area contributed by atoms with Gasteiger partial charge in [-0.05, 0) is 69.2 Å². The lowest BCUT2D eigenvalue weighted by molar-refractivity contribution is -0.124. The van der Waals surface area contributed by atoms with E-state index in [4.69, 9.17) is 4.74 Å². The number of ketones is 1. The summed E-state index contributed by atoms with van der Waals surface area (Å²) in [6.45, 7) is 11.4. The van der Waals surface area contributed by atoms with Crippen molar-refractivity contribution in [1.29, 1.82) is 0 Å². The third-order valence-corrected chi connectivity index (χ3v) is 7.56. The number of rotatable bonds is 9. The van der Waals surface area contributed by atoms with E-state index in [0.29, 0.717) is 24.5 Å². The number of phenols is 1. The number of aryl methyl sites for hydroxylation is 1. The van der Waals surface area contributed by atoms with Crippen LogP contribution in [-0.4, -0.2) is 43.3 Å². The molecule has 2 heterocycles. The summed E-state index contributed by atoms with van der Waals surface area (Å²) in [5.74, 6) is -0.0885. The van der Waals surface area contributed by atoms with Crippen LogP contribution in [0, 0.1) is 12.3 Å². The molecule has 4 rings (SSSR count). The van der Waals surface area contributed by atoms with Crippen molar-refractivity contribution >= 4 is 17.8 Å². The van der Waals surface area contributed by atoms with E-state index in [1.165, 1.54) is 17.7 Å². The fourth-order valence-electron chi connectivity index (χ4n) is 4.68. The Morgan fingerprint density at radius 1 is 1.09 bits per heavy atom. The molecule has 44 heavy (non-hydrogen) atoms. The van der Waals surface area contributed by atoms with Crippen LogP contribution in [0.15, 0.2) is 90.3 Å². The molecule has 230 valence electrons. The summed E-state index contributed by atoms with van der Waals surface area (Å²) in [6.07, 6.45) is 15.7. The average Bonchev–Trinajstić information content (AvgIpc) is 3.44. The fraction of sp³-hybridized carbons (Fsp3) is 0.333. The van der Waals surface area contributed by atoms with E-state index in [-0.39, 0.29) is 35.0 Å². The van der Waals surface area contributed by atoms with E-state index < -0.39 is 0 Å². The van der Waals surface area contributed by atoms with Gasteiger partial charge >= 0.3 is 0 Å². The Balaban J connectivity index is 1.34. The van der Waals surface area contributed by atoms with Crippen molar-refractivity contribution in [2.45, 2.75) is 67.0 Å². The van der Waals surface area contributed by atoms with Crippen LogP contribution in [0.5, 0.6) is 11.5 Å². The lowest BCUT2D eigenvalue weighted by Crippen LogP contribution is -2.28. The van der Waals surface area contributed by atoms with Crippen LogP contribution in [0.3, 0.4) is 0 Å². The van der Waals surface area contributed by atoms with Gasteiger partial charge in [0.15, 0.2) is 5.78 Å². The summed E-state index contributed by atoms with van der Waals surface area (Å²) in [5.41, 5.74) is 5.04. The third kappa shape index (κ3) is 9.39. The zero-order chi connectivity index (χ0) is 31.7. The topological polar surface area (TPSA) is 97.5 Å². The van der Waals surface area contributed by atoms with Gasteiger partial charge < -0.3 is 14.7 Å². The number of phenolic OH excluding ortho intramolecular Hbond substituents is 1. The van der Waals surface area contributed by atoms with Crippen LogP contribution in [0.4, 0.5) is 0 Å². The molecule has 1 N–H and O–H groups in total. The number of ether oxygens (including phenoxy) is 1. The Morgan fingerprint density at radius 2 is 1.86 bits per heavy atom. The number of benzene rings is 2. The predicted octanol–water partition coefficient (Wildman–Crippen LogP) is 7.21. The molecule has 8 heteroatoms. The van der Waals surface area contributed by atoms with Gasteiger partial charge in [0.2, 0.25) is 0 Å². The minimum absolute atomic E-state index is 0.0849. The molecule has 1 aliphatic rings. The molecule has 0 aliphatic carbocycles. The Bertz CT molecular complexity index is 1590. The molecule has 0 saturated heterocycles. The molecule has 8 nitrogen and oxygen atoms in total. The molecule has 0 spiro atoms. The highest BCUT2D eigenvalue weighted by atomic mass is 16.5. The van der Waals surface area contributed by atoms with E-state index in [1.54, 1.807) is 40.1 Å². The van der Waals surface area contributed by atoms with E-state index in [2.05, 4.69) is 43.2 Å². The molecule has 0 radical (unpaired) electrons. The summed E-state index contributed by atoms with van der Waals surface area (Å²) in [7, 11) is 0. The minimum atomic E-state index is -0.295.